The van der Waals surface area contributed by atoms with Gasteiger partial charge in [-0.1, -0.05) is 29.3 Å². The first-order chi connectivity index (χ1) is 8.00. The van der Waals surface area contributed by atoms with Gasteiger partial charge in [0.1, 0.15) is 0 Å². The van der Waals surface area contributed by atoms with Crippen molar-refractivity contribution in [2.45, 2.75) is 5.75 Å². The summed E-state index contributed by atoms with van der Waals surface area (Å²) in [4.78, 5) is 1.89. The zero-order valence-corrected chi connectivity index (χ0v) is 13.2. The Balaban J connectivity index is 0.00000289. The van der Waals surface area contributed by atoms with E-state index >= 15 is 0 Å². The number of nitrogens with zero attached hydrogens (tertiary/aromatic N) is 1. The van der Waals surface area contributed by atoms with Crippen LogP contribution in [0.25, 0.3) is 0 Å². The maximum absolute atomic E-state index is 7.74. The summed E-state index contributed by atoms with van der Waals surface area (Å²) in [5, 5.41) is 9.51. The third kappa shape index (κ3) is 6.01. The second-order valence-electron chi connectivity index (χ2n) is 3.63. The fraction of sp³-hybridized carbons (Fsp3) is 0.250. The maximum Gasteiger partial charge on any atom is 0.0887 e. The highest BCUT2D eigenvalue weighted by molar-refractivity contribution is 8.13. The minimum atomic E-state index is 0. The molecule has 0 amide bonds. The second-order valence-corrected chi connectivity index (χ2v) is 5.46. The van der Waals surface area contributed by atoms with Gasteiger partial charge in [-0.2, -0.15) is 0 Å². The summed E-state index contributed by atoms with van der Waals surface area (Å²) < 4.78 is 0. The van der Waals surface area contributed by atoms with Crippen LogP contribution >= 0.6 is 35.0 Å². The van der Waals surface area contributed by atoms with Gasteiger partial charge < -0.3 is 17.3 Å². The molecule has 1 aromatic rings. The Hall–Kier alpha value is -0.350. The molecule has 0 bridgehead atoms. The highest BCUT2D eigenvalue weighted by atomic mass is 35.5. The van der Waals surface area contributed by atoms with Crippen LogP contribution in [-0.4, -0.2) is 24.0 Å². The van der Waals surface area contributed by atoms with Crippen LogP contribution in [0.15, 0.2) is 30.5 Å². The normalized spacial score (nSPS) is 10.2. The Morgan fingerprint density at radius 3 is 2.39 bits per heavy atom. The van der Waals surface area contributed by atoms with Crippen molar-refractivity contribution in [3.63, 3.8) is 0 Å². The Morgan fingerprint density at radius 1 is 1.33 bits per heavy atom. The van der Waals surface area contributed by atoms with E-state index in [1.54, 1.807) is 6.08 Å². The summed E-state index contributed by atoms with van der Waals surface area (Å²) in [6.45, 7) is 0. The topological polar surface area (TPSA) is 27.1 Å². The number of halogens is 3. The molecule has 1 rings (SSSR count). The van der Waals surface area contributed by atoms with Gasteiger partial charge >= 0.3 is 0 Å². The molecular weight excluding hydrogens is 311 g/mol. The first-order valence-corrected chi connectivity index (χ1v) is 6.73. The fourth-order valence-electron chi connectivity index (χ4n) is 1.09. The van der Waals surface area contributed by atoms with E-state index in [1.807, 2.05) is 43.4 Å². The molecule has 0 aliphatic rings. The van der Waals surface area contributed by atoms with E-state index in [1.165, 1.54) is 11.8 Å². The van der Waals surface area contributed by atoms with Crippen LogP contribution in [-0.2, 0) is 5.75 Å². The van der Waals surface area contributed by atoms with Crippen LogP contribution in [0.1, 0.15) is 5.56 Å². The van der Waals surface area contributed by atoms with Gasteiger partial charge in [0, 0.05) is 36.1 Å². The van der Waals surface area contributed by atoms with Crippen molar-refractivity contribution in [3.05, 3.63) is 46.1 Å². The summed E-state index contributed by atoms with van der Waals surface area (Å²) in [5.41, 5.74) is 0.879. The van der Waals surface area contributed by atoms with Crippen molar-refractivity contribution in [1.29, 1.82) is 5.41 Å². The number of thioether (sulfide) groups is 1. The lowest BCUT2D eigenvalue weighted by molar-refractivity contribution is -0.00000354. The molecule has 1 N–H and O–H groups in total. The summed E-state index contributed by atoms with van der Waals surface area (Å²) >= 11 is 13.5. The Kier molecular flexibility index (Phi) is 8.53. The molecule has 0 unspecified atom stereocenters. The molecule has 1 aromatic carbocycles. The van der Waals surface area contributed by atoms with Crippen molar-refractivity contribution < 1.29 is 12.4 Å². The van der Waals surface area contributed by atoms with Crippen molar-refractivity contribution in [2.75, 3.05) is 14.1 Å². The molecule has 0 fully saturated rings. The number of rotatable bonds is 4. The van der Waals surface area contributed by atoms with Gasteiger partial charge in [0.15, 0.2) is 0 Å². The van der Waals surface area contributed by atoms with Crippen molar-refractivity contribution in [2.24, 2.45) is 0 Å². The Bertz CT molecular complexity index is 413. The van der Waals surface area contributed by atoms with Gasteiger partial charge in [0.05, 0.1) is 5.04 Å². The van der Waals surface area contributed by atoms with Crippen molar-refractivity contribution in [3.8, 4) is 0 Å². The van der Waals surface area contributed by atoms with Crippen LogP contribution in [0.3, 0.4) is 0 Å². The van der Waals surface area contributed by atoms with Gasteiger partial charge in [-0.25, -0.2) is 0 Å². The molecule has 18 heavy (non-hydrogen) atoms. The lowest BCUT2D eigenvalue weighted by Crippen LogP contribution is -3.00. The maximum atomic E-state index is 7.74. The molecular formula is C12H14Cl3N2S-. The van der Waals surface area contributed by atoms with Crippen LogP contribution in [0.2, 0.25) is 10.0 Å². The molecule has 0 aromatic heterocycles. The Morgan fingerprint density at radius 2 is 1.89 bits per heavy atom. The van der Waals surface area contributed by atoms with Crippen LogP contribution in [0.4, 0.5) is 0 Å². The van der Waals surface area contributed by atoms with Gasteiger partial charge in [-0.3, -0.25) is 5.41 Å². The monoisotopic (exact) mass is 323 g/mol. The SMILES string of the molecule is CN(C)/C=C/C(=N)SCc1c(Cl)cccc1Cl.[Cl-]. The van der Waals surface area contributed by atoms with Gasteiger partial charge in [0.2, 0.25) is 0 Å². The first-order valence-electron chi connectivity index (χ1n) is 4.99. The fourth-order valence-corrected chi connectivity index (χ4v) is 2.54. The largest absolute Gasteiger partial charge is 1.00 e. The van der Waals surface area contributed by atoms with Crippen LogP contribution < -0.4 is 12.4 Å². The standard InChI is InChI=1S/C12H14Cl2N2S.ClH/c1-16(2)7-6-12(15)17-8-9-10(13)4-3-5-11(9)14;/h3-7,15H,8H2,1-2H3;1H/p-1/b7-6+,15-12?;. The number of nitrogens with one attached hydrogen (secondary N) is 1. The first kappa shape index (κ1) is 17.6. The molecule has 0 aliphatic carbocycles. The number of benzene rings is 1. The van der Waals surface area contributed by atoms with Crippen LogP contribution in [0.5, 0.6) is 0 Å². The summed E-state index contributed by atoms with van der Waals surface area (Å²) in [6, 6.07) is 5.43. The molecule has 6 heteroatoms. The molecule has 0 aliphatic heterocycles. The third-order valence-corrected chi connectivity index (χ3v) is 3.55. The van der Waals surface area contributed by atoms with Gasteiger partial charge in [-0.05, 0) is 23.8 Å². The molecule has 0 atom stereocenters. The second kappa shape index (κ2) is 8.70. The Labute approximate surface area is 128 Å². The third-order valence-electron chi connectivity index (χ3n) is 1.96. The van der Waals surface area contributed by atoms with Gasteiger partial charge in [-0.15, -0.1) is 11.8 Å². The van der Waals surface area contributed by atoms with E-state index < -0.39 is 0 Å². The smallest absolute Gasteiger partial charge is 0.0887 e. The molecule has 2 nitrogen and oxygen atoms in total. The molecule has 100 valence electrons. The highest BCUT2D eigenvalue weighted by Gasteiger charge is 2.06. The zero-order chi connectivity index (χ0) is 12.8. The van der Waals surface area contributed by atoms with Crippen molar-refractivity contribution >= 4 is 40.0 Å². The lowest BCUT2D eigenvalue weighted by Gasteiger charge is -2.06. The van der Waals surface area contributed by atoms with E-state index in [4.69, 9.17) is 28.6 Å². The van der Waals surface area contributed by atoms with E-state index in [2.05, 4.69) is 0 Å². The minimum absolute atomic E-state index is 0. The summed E-state index contributed by atoms with van der Waals surface area (Å²) in [6.07, 6.45) is 3.58. The summed E-state index contributed by atoms with van der Waals surface area (Å²) in [5.74, 6) is 0.606. The molecule has 0 spiro atoms. The van der Waals surface area contributed by atoms with E-state index in [0.29, 0.717) is 20.8 Å². The quantitative estimate of drug-likeness (QED) is 0.667. The average Bonchev–Trinajstić information content (AvgIpc) is 2.25. The summed E-state index contributed by atoms with van der Waals surface area (Å²) in [7, 11) is 3.83. The van der Waals surface area contributed by atoms with E-state index in [9.17, 15) is 0 Å². The molecule has 0 heterocycles. The van der Waals surface area contributed by atoms with Gasteiger partial charge in [0.25, 0.3) is 0 Å². The predicted molar refractivity (Wildman–Crippen MR) is 78.3 cm³/mol. The number of hydrogen-bond donors (Lipinski definition) is 1. The molecule has 0 saturated heterocycles. The molecule has 0 saturated carbocycles. The predicted octanol–water partition coefficient (Wildman–Crippen LogP) is 1.28. The minimum Gasteiger partial charge on any atom is -1.00 e. The van der Waals surface area contributed by atoms with E-state index in [-0.39, 0.29) is 12.4 Å². The highest BCUT2D eigenvalue weighted by Crippen LogP contribution is 2.28. The van der Waals surface area contributed by atoms with E-state index in [0.717, 1.165) is 5.56 Å². The zero-order valence-electron chi connectivity index (χ0n) is 10.1. The molecule has 0 radical (unpaired) electrons. The number of hydrogen-bond acceptors (Lipinski definition) is 3. The average molecular weight is 325 g/mol. The van der Waals surface area contributed by atoms with Crippen LogP contribution in [0, 0.1) is 5.41 Å². The van der Waals surface area contributed by atoms with Crippen molar-refractivity contribution in [1.82, 2.24) is 4.90 Å². The lowest BCUT2D eigenvalue weighted by atomic mass is 10.2.